The molecule has 0 saturated carbocycles. The Labute approximate surface area is 214 Å². The van der Waals surface area contributed by atoms with Gasteiger partial charge in [0.05, 0.1) is 13.4 Å². The van der Waals surface area contributed by atoms with Crippen LogP contribution in [0.2, 0.25) is 5.02 Å². The van der Waals surface area contributed by atoms with E-state index in [1.165, 1.54) is 3.57 Å². The van der Waals surface area contributed by atoms with Crippen molar-refractivity contribution in [1.29, 1.82) is 0 Å². The van der Waals surface area contributed by atoms with E-state index in [-0.39, 0.29) is 5.91 Å². The zero-order valence-corrected chi connectivity index (χ0v) is 22.1. The normalized spacial score (nSPS) is 10.9. The summed E-state index contributed by atoms with van der Waals surface area (Å²) >= 11 is 12.6. The van der Waals surface area contributed by atoms with Crippen molar-refractivity contribution < 1.29 is 9.53 Å². The molecule has 0 bridgehead atoms. The summed E-state index contributed by atoms with van der Waals surface area (Å²) in [5.41, 5.74) is 5.01. The summed E-state index contributed by atoms with van der Waals surface area (Å²) in [7, 11) is 0. The van der Waals surface area contributed by atoms with E-state index >= 15 is 0 Å². The Morgan fingerprint density at radius 2 is 1.62 bits per heavy atom. The molecule has 0 aliphatic heterocycles. The predicted octanol–water partition coefficient (Wildman–Crippen LogP) is 6.50. The van der Waals surface area contributed by atoms with Gasteiger partial charge in [-0.3, -0.25) is 4.79 Å². The van der Waals surface area contributed by atoms with E-state index in [4.69, 9.17) is 16.3 Å². The minimum Gasteiger partial charge on any atom is -0.487 e. The minimum absolute atomic E-state index is 0.292. The van der Waals surface area contributed by atoms with Crippen molar-refractivity contribution in [1.82, 2.24) is 5.43 Å². The molecular formula is C21H14ClI3N2O2. The Balaban J connectivity index is 1.63. The second-order valence-corrected chi connectivity index (χ2v) is 9.94. The number of hydrogen-bond donors (Lipinski definition) is 1. The third kappa shape index (κ3) is 6.79. The van der Waals surface area contributed by atoms with Gasteiger partial charge in [-0.1, -0.05) is 23.7 Å². The average molecular weight is 743 g/mol. The van der Waals surface area contributed by atoms with Crippen LogP contribution in [0.3, 0.4) is 0 Å². The highest BCUT2D eigenvalue weighted by molar-refractivity contribution is 14.1. The lowest BCUT2D eigenvalue weighted by Crippen LogP contribution is -2.17. The van der Waals surface area contributed by atoms with Crippen molar-refractivity contribution in [3.63, 3.8) is 0 Å². The fourth-order valence-electron chi connectivity index (χ4n) is 2.36. The van der Waals surface area contributed by atoms with Crippen LogP contribution in [0, 0.1) is 10.7 Å². The molecule has 0 aliphatic rings. The van der Waals surface area contributed by atoms with Crippen LogP contribution in [-0.4, -0.2) is 12.1 Å². The van der Waals surface area contributed by atoms with Crippen molar-refractivity contribution in [2.75, 3.05) is 0 Å². The van der Waals surface area contributed by atoms with Gasteiger partial charge in [0.25, 0.3) is 5.91 Å². The van der Waals surface area contributed by atoms with Gasteiger partial charge in [-0.15, -0.1) is 0 Å². The number of nitrogens with one attached hydrogen (secondary N) is 1. The summed E-state index contributed by atoms with van der Waals surface area (Å²) in [4.78, 5) is 12.1. The fraction of sp³-hybridized carbons (Fsp3) is 0.0476. The van der Waals surface area contributed by atoms with Gasteiger partial charge in [-0.2, -0.15) is 5.10 Å². The van der Waals surface area contributed by atoms with Gasteiger partial charge in [0.1, 0.15) is 12.4 Å². The smallest absolute Gasteiger partial charge is 0.271 e. The standard InChI is InChI=1S/C21H14ClI3N2O2/c22-16-5-3-15(4-6-16)21(28)27-26-11-14-9-18(24)20(19(25)10-14)29-12-13-1-7-17(23)8-2-13/h1-11H,12H2,(H,27,28)/b26-11-. The molecule has 1 N–H and O–H groups in total. The molecule has 0 fully saturated rings. The maximum absolute atomic E-state index is 12.1. The maximum atomic E-state index is 12.1. The highest BCUT2D eigenvalue weighted by atomic mass is 127. The van der Waals surface area contributed by atoms with Crippen molar-refractivity contribution in [2.24, 2.45) is 5.10 Å². The molecule has 0 atom stereocenters. The molecule has 0 spiro atoms. The second-order valence-electron chi connectivity index (χ2n) is 5.93. The molecule has 0 saturated heterocycles. The topological polar surface area (TPSA) is 50.7 Å². The fourth-order valence-corrected chi connectivity index (χ4v) is 4.97. The Morgan fingerprint density at radius 1 is 1.00 bits per heavy atom. The minimum atomic E-state index is -0.292. The van der Waals surface area contributed by atoms with Gasteiger partial charge in [-0.25, -0.2) is 5.43 Å². The third-order valence-corrected chi connectivity index (χ3v) is 6.38. The first-order chi connectivity index (χ1) is 13.9. The third-order valence-electron chi connectivity index (χ3n) is 3.80. The molecular weight excluding hydrogens is 728 g/mol. The summed E-state index contributed by atoms with van der Waals surface area (Å²) in [6, 6.07) is 18.8. The molecule has 4 nitrogen and oxygen atoms in total. The molecule has 0 radical (unpaired) electrons. The predicted molar refractivity (Wildman–Crippen MR) is 142 cm³/mol. The van der Waals surface area contributed by atoms with E-state index in [0.29, 0.717) is 17.2 Å². The van der Waals surface area contributed by atoms with Crippen LogP contribution < -0.4 is 10.2 Å². The molecule has 8 heteroatoms. The highest BCUT2D eigenvalue weighted by Crippen LogP contribution is 2.29. The Bertz CT molecular complexity index is 1020. The van der Waals surface area contributed by atoms with Crippen LogP contribution in [0.15, 0.2) is 65.8 Å². The van der Waals surface area contributed by atoms with E-state index in [9.17, 15) is 4.79 Å². The van der Waals surface area contributed by atoms with Gasteiger partial charge in [0, 0.05) is 14.2 Å². The average Bonchev–Trinajstić information content (AvgIpc) is 2.69. The lowest BCUT2D eigenvalue weighted by atomic mass is 10.2. The van der Waals surface area contributed by atoms with Crippen molar-refractivity contribution >= 4 is 91.5 Å². The molecule has 148 valence electrons. The van der Waals surface area contributed by atoms with E-state index in [1.807, 2.05) is 12.1 Å². The van der Waals surface area contributed by atoms with Gasteiger partial charge in [0.15, 0.2) is 0 Å². The Morgan fingerprint density at radius 3 is 2.24 bits per heavy atom. The summed E-state index contributed by atoms with van der Waals surface area (Å²) < 4.78 is 9.17. The molecule has 3 aromatic rings. The monoisotopic (exact) mass is 742 g/mol. The number of ether oxygens (including phenoxy) is 1. The number of halogens is 4. The van der Waals surface area contributed by atoms with Crippen molar-refractivity contribution in [3.8, 4) is 5.75 Å². The number of carbonyl (C=O) groups is 1. The van der Waals surface area contributed by atoms with Gasteiger partial charge in [0.2, 0.25) is 0 Å². The van der Waals surface area contributed by atoms with Crippen LogP contribution in [-0.2, 0) is 6.61 Å². The first-order valence-corrected chi connectivity index (χ1v) is 12.0. The SMILES string of the molecule is O=C(N/N=C\c1cc(I)c(OCc2ccc(I)cc2)c(I)c1)c1ccc(Cl)cc1. The molecule has 0 aromatic heterocycles. The molecule has 0 aliphatic carbocycles. The molecule has 0 heterocycles. The summed E-state index contributed by atoms with van der Waals surface area (Å²) in [5, 5.41) is 4.63. The number of hydrazone groups is 1. The number of rotatable bonds is 6. The van der Waals surface area contributed by atoms with Crippen LogP contribution in [0.5, 0.6) is 5.75 Å². The largest absolute Gasteiger partial charge is 0.487 e. The summed E-state index contributed by atoms with van der Waals surface area (Å²) in [5.74, 6) is 0.548. The maximum Gasteiger partial charge on any atom is 0.271 e. The summed E-state index contributed by atoms with van der Waals surface area (Å²) in [6.45, 7) is 0.507. The molecule has 3 aromatic carbocycles. The van der Waals surface area contributed by atoms with Crippen LogP contribution in [0.4, 0.5) is 0 Å². The van der Waals surface area contributed by atoms with E-state index in [1.54, 1.807) is 30.5 Å². The molecule has 1 amide bonds. The lowest BCUT2D eigenvalue weighted by Gasteiger charge is -2.11. The second kappa shape index (κ2) is 10.9. The first-order valence-electron chi connectivity index (χ1n) is 8.37. The van der Waals surface area contributed by atoms with E-state index in [2.05, 4.69) is 103 Å². The van der Waals surface area contributed by atoms with E-state index in [0.717, 1.165) is 24.0 Å². The highest BCUT2D eigenvalue weighted by Gasteiger charge is 2.09. The molecule has 3 rings (SSSR count). The zero-order chi connectivity index (χ0) is 20.8. The van der Waals surface area contributed by atoms with Gasteiger partial charge < -0.3 is 4.74 Å². The first kappa shape index (κ1) is 22.8. The van der Waals surface area contributed by atoms with Crippen molar-refractivity contribution in [3.05, 3.63) is 93.1 Å². The van der Waals surface area contributed by atoms with Crippen LogP contribution >= 0.6 is 79.4 Å². The lowest BCUT2D eigenvalue weighted by molar-refractivity contribution is 0.0955. The number of benzene rings is 3. The number of hydrogen-bond acceptors (Lipinski definition) is 3. The van der Waals surface area contributed by atoms with Crippen LogP contribution in [0.1, 0.15) is 21.5 Å². The van der Waals surface area contributed by atoms with Crippen LogP contribution in [0.25, 0.3) is 0 Å². The Hall–Kier alpha value is -0.920. The number of carbonyl (C=O) groups excluding carboxylic acids is 1. The number of amides is 1. The Kier molecular flexibility index (Phi) is 8.57. The van der Waals surface area contributed by atoms with Crippen molar-refractivity contribution in [2.45, 2.75) is 6.61 Å². The zero-order valence-electron chi connectivity index (χ0n) is 14.8. The molecule has 29 heavy (non-hydrogen) atoms. The van der Waals surface area contributed by atoms with Gasteiger partial charge >= 0.3 is 0 Å². The quantitative estimate of drug-likeness (QED) is 0.178. The van der Waals surface area contributed by atoms with E-state index < -0.39 is 0 Å². The number of nitrogens with zero attached hydrogens (tertiary/aromatic N) is 1. The summed E-state index contributed by atoms with van der Waals surface area (Å²) in [6.07, 6.45) is 1.61. The molecule has 0 unspecified atom stereocenters. The van der Waals surface area contributed by atoms with Gasteiger partial charge in [-0.05, 0) is 127 Å².